The van der Waals surface area contributed by atoms with Crippen LogP contribution in [0.1, 0.15) is 53.9 Å². The molecule has 0 radical (unpaired) electrons. The Morgan fingerprint density at radius 3 is 2.15 bits per heavy atom. The van der Waals surface area contributed by atoms with Crippen molar-refractivity contribution in [3.63, 3.8) is 0 Å². The average molecular weight is 284 g/mol. The monoisotopic (exact) mass is 284 g/mol. The molecule has 20 heavy (non-hydrogen) atoms. The van der Waals surface area contributed by atoms with Gasteiger partial charge < -0.3 is 10.1 Å². The predicted octanol–water partition coefficient (Wildman–Crippen LogP) is 3.15. The molecule has 1 aliphatic rings. The van der Waals surface area contributed by atoms with Gasteiger partial charge in [0.2, 0.25) is 0 Å². The van der Waals surface area contributed by atoms with Crippen LogP contribution in [0.4, 0.5) is 0 Å². The van der Waals surface area contributed by atoms with Crippen LogP contribution in [0.5, 0.6) is 0 Å². The average Bonchev–Trinajstić information content (AvgIpc) is 2.41. The third kappa shape index (κ3) is 7.61. The molecule has 1 N–H and O–H groups in total. The lowest BCUT2D eigenvalue weighted by atomic mass is 10.0. The number of hydrogen-bond acceptors (Lipinski definition) is 3. The molecule has 2 unspecified atom stereocenters. The first-order chi connectivity index (χ1) is 9.49. The van der Waals surface area contributed by atoms with Gasteiger partial charge in [-0.3, -0.25) is 4.90 Å². The molecule has 1 heterocycles. The van der Waals surface area contributed by atoms with Gasteiger partial charge in [0.25, 0.3) is 0 Å². The highest BCUT2D eigenvalue weighted by Crippen LogP contribution is 2.14. The van der Waals surface area contributed by atoms with Gasteiger partial charge in [0.15, 0.2) is 0 Å². The summed E-state index contributed by atoms with van der Waals surface area (Å²) in [5.74, 6) is 1.57. The lowest BCUT2D eigenvalue weighted by Crippen LogP contribution is -2.49. The lowest BCUT2D eigenvalue weighted by molar-refractivity contribution is 0.0118. The van der Waals surface area contributed by atoms with Crippen molar-refractivity contribution < 1.29 is 4.74 Å². The maximum Gasteiger partial charge on any atom is 0.0594 e. The van der Waals surface area contributed by atoms with E-state index in [1.807, 2.05) is 0 Å². The van der Waals surface area contributed by atoms with E-state index in [0.717, 1.165) is 44.7 Å². The minimum absolute atomic E-state index is 0.633. The van der Waals surface area contributed by atoms with E-state index in [4.69, 9.17) is 4.74 Å². The van der Waals surface area contributed by atoms with E-state index in [9.17, 15) is 0 Å². The number of rotatable bonds is 9. The Balaban J connectivity index is 2.35. The molecule has 0 aliphatic carbocycles. The van der Waals surface area contributed by atoms with Gasteiger partial charge in [-0.25, -0.2) is 0 Å². The van der Waals surface area contributed by atoms with Gasteiger partial charge in [-0.1, -0.05) is 27.7 Å². The number of ether oxygens (including phenoxy) is 1. The van der Waals surface area contributed by atoms with E-state index in [1.165, 1.54) is 19.3 Å². The normalized spacial score (nSPS) is 20.6. The first kappa shape index (κ1) is 17.9. The van der Waals surface area contributed by atoms with Crippen molar-refractivity contribution in [2.75, 3.05) is 32.8 Å². The van der Waals surface area contributed by atoms with Gasteiger partial charge in [0, 0.05) is 31.7 Å². The fraction of sp³-hybridized carbons (Fsp3) is 1.00. The fourth-order valence-electron chi connectivity index (χ4n) is 2.87. The van der Waals surface area contributed by atoms with Gasteiger partial charge in [-0.05, 0) is 38.0 Å². The van der Waals surface area contributed by atoms with Crippen molar-refractivity contribution in [2.45, 2.75) is 66.0 Å². The summed E-state index contributed by atoms with van der Waals surface area (Å²) in [6.07, 6.45) is 3.89. The summed E-state index contributed by atoms with van der Waals surface area (Å²) >= 11 is 0. The van der Waals surface area contributed by atoms with Crippen molar-refractivity contribution in [3.8, 4) is 0 Å². The molecular weight excluding hydrogens is 248 g/mol. The van der Waals surface area contributed by atoms with Gasteiger partial charge >= 0.3 is 0 Å². The number of morpholine rings is 1. The maximum atomic E-state index is 5.48. The van der Waals surface area contributed by atoms with Crippen LogP contribution in [0.15, 0.2) is 0 Å². The molecule has 0 amide bonds. The van der Waals surface area contributed by atoms with Crippen LogP contribution in [0.3, 0.4) is 0 Å². The molecule has 0 saturated carbocycles. The zero-order valence-electron chi connectivity index (χ0n) is 14.3. The Bertz CT molecular complexity index is 237. The van der Waals surface area contributed by atoms with E-state index in [1.54, 1.807) is 0 Å². The van der Waals surface area contributed by atoms with Gasteiger partial charge in [0.1, 0.15) is 0 Å². The molecule has 3 heteroatoms. The molecule has 0 aromatic carbocycles. The van der Waals surface area contributed by atoms with Crippen molar-refractivity contribution in [1.82, 2.24) is 10.2 Å². The van der Waals surface area contributed by atoms with Gasteiger partial charge in [-0.2, -0.15) is 0 Å². The quantitative estimate of drug-likeness (QED) is 0.704. The van der Waals surface area contributed by atoms with E-state index < -0.39 is 0 Å². The summed E-state index contributed by atoms with van der Waals surface area (Å²) in [6.45, 7) is 16.7. The van der Waals surface area contributed by atoms with Crippen LogP contribution in [-0.2, 0) is 4.74 Å². The highest BCUT2D eigenvalue weighted by molar-refractivity contribution is 4.78. The predicted molar refractivity (Wildman–Crippen MR) is 87.2 cm³/mol. The first-order valence-electron chi connectivity index (χ1n) is 8.54. The Labute approximate surface area is 126 Å². The molecule has 1 rings (SSSR count). The Kier molecular flexibility index (Phi) is 8.74. The number of nitrogens with zero attached hydrogens (tertiary/aromatic N) is 1. The van der Waals surface area contributed by atoms with Crippen molar-refractivity contribution in [2.24, 2.45) is 11.8 Å². The molecule has 2 atom stereocenters. The van der Waals surface area contributed by atoms with Crippen LogP contribution in [0.2, 0.25) is 0 Å². The molecule has 0 spiro atoms. The van der Waals surface area contributed by atoms with Gasteiger partial charge in [0.05, 0.1) is 13.2 Å². The third-order valence-electron chi connectivity index (χ3n) is 4.18. The molecule has 3 nitrogen and oxygen atoms in total. The molecule has 120 valence electrons. The third-order valence-corrected chi connectivity index (χ3v) is 4.18. The SMILES string of the molecule is CC(C)CCC(C)NCC(CC(C)C)N1CCOCC1. The van der Waals surface area contributed by atoms with Crippen LogP contribution >= 0.6 is 0 Å². The second-order valence-corrected chi connectivity index (χ2v) is 7.21. The molecular formula is C17H36N2O. The van der Waals surface area contributed by atoms with E-state index in [-0.39, 0.29) is 0 Å². The summed E-state index contributed by atoms with van der Waals surface area (Å²) in [4.78, 5) is 2.62. The summed E-state index contributed by atoms with van der Waals surface area (Å²) in [5.41, 5.74) is 0. The summed E-state index contributed by atoms with van der Waals surface area (Å²) in [6, 6.07) is 1.30. The van der Waals surface area contributed by atoms with Crippen LogP contribution in [0.25, 0.3) is 0 Å². The van der Waals surface area contributed by atoms with E-state index in [2.05, 4.69) is 44.8 Å². The minimum atomic E-state index is 0.633. The highest BCUT2D eigenvalue weighted by Gasteiger charge is 2.22. The van der Waals surface area contributed by atoms with Gasteiger partial charge in [-0.15, -0.1) is 0 Å². The Morgan fingerprint density at radius 2 is 1.60 bits per heavy atom. The molecule has 1 saturated heterocycles. The minimum Gasteiger partial charge on any atom is -0.379 e. The van der Waals surface area contributed by atoms with E-state index >= 15 is 0 Å². The molecule has 0 aromatic rings. The molecule has 0 bridgehead atoms. The smallest absolute Gasteiger partial charge is 0.0594 e. The van der Waals surface area contributed by atoms with Crippen LogP contribution < -0.4 is 5.32 Å². The standard InChI is InChI=1S/C17H36N2O/c1-14(2)6-7-16(5)18-13-17(12-15(3)4)19-8-10-20-11-9-19/h14-18H,6-13H2,1-5H3. The second kappa shape index (κ2) is 9.75. The largest absolute Gasteiger partial charge is 0.379 e. The summed E-state index contributed by atoms with van der Waals surface area (Å²) in [5, 5.41) is 3.76. The topological polar surface area (TPSA) is 24.5 Å². The number of nitrogens with one attached hydrogen (secondary N) is 1. The Hall–Kier alpha value is -0.120. The zero-order chi connectivity index (χ0) is 15.0. The Morgan fingerprint density at radius 1 is 0.950 bits per heavy atom. The summed E-state index contributed by atoms with van der Waals surface area (Å²) < 4.78 is 5.48. The fourth-order valence-corrected chi connectivity index (χ4v) is 2.87. The second-order valence-electron chi connectivity index (χ2n) is 7.21. The molecule has 1 fully saturated rings. The van der Waals surface area contributed by atoms with Crippen LogP contribution in [0, 0.1) is 11.8 Å². The van der Waals surface area contributed by atoms with E-state index in [0.29, 0.717) is 12.1 Å². The first-order valence-corrected chi connectivity index (χ1v) is 8.54. The molecule has 0 aromatic heterocycles. The number of hydrogen-bond donors (Lipinski definition) is 1. The highest BCUT2D eigenvalue weighted by atomic mass is 16.5. The summed E-state index contributed by atoms with van der Waals surface area (Å²) in [7, 11) is 0. The van der Waals surface area contributed by atoms with Crippen LogP contribution in [-0.4, -0.2) is 49.8 Å². The maximum absolute atomic E-state index is 5.48. The molecule has 1 aliphatic heterocycles. The zero-order valence-corrected chi connectivity index (χ0v) is 14.3. The van der Waals surface area contributed by atoms with Crippen molar-refractivity contribution >= 4 is 0 Å². The van der Waals surface area contributed by atoms with Crippen molar-refractivity contribution in [1.29, 1.82) is 0 Å². The van der Waals surface area contributed by atoms with Crippen molar-refractivity contribution in [3.05, 3.63) is 0 Å². The lowest BCUT2D eigenvalue weighted by Gasteiger charge is -2.36.